The number of sulfone groups is 1. The molecule has 3 aromatic carbocycles. The first-order valence-electron chi connectivity index (χ1n) is 11.0. The van der Waals surface area contributed by atoms with Crippen molar-refractivity contribution in [3.8, 4) is 5.69 Å². The van der Waals surface area contributed by atoms with Gasteiger partial charge in [0.1, 0.15) is 22.0 Å². The molecular weight excluding hydrogens is 451 g/mol. The van der Waals surface area contributed by atoms with Gasteiger partial charge in [0.15, 0.2) is 5.65 Å². The van der Waals surface area contributed by atoms with Gasteiger partial charge in [0.05, 0.1) is 15.9 Å². The van der Waals surface area contributed by atoms with E-state index in [2.05, 4.69) is 18.8 Å². The highest BCUT2D eigenvalue weighted by Gasteiger charge is 2.30. The fourth-order valence-electron chi connectivity index (χ4n) is 4.08. The Balaban J connectivity index is 1.82. The number of anilines is 1. The van der Waals surface area contributed by atoms with Gasteiger partial charge in [-0.2, -0.15) is 0 Å². The molecule has 0 aliphatic heterocycles. The van der Waals surface area contributed by atoms with Crippen molar-refractivity contribution < 1.29 is 12.8 Å². The second-order valence-corrected chi connectivity index (χ2v) is 10.2. The lowest BCUT2D eigenvalue weighted by Gasteiger charge is -2.12. The van der Waals surface area contributed by atoms with E-state index in [4.69, 9.17) is 10.7 Å². The molecule has 0 spiro atoms. The van der Waals surface area contributed by atoms with Crippen molar-refractivity contribution in [3.63, 3.8) is 0 Å². The maximum Gasteiger partial charge on any atom is 0.212 e. The van der Waals surface area contributed by atoms with Crippen LogP contribution in [0.1, 0.15) is 31.7 Å². The monoisotopic (exact) mass is 474 g/mol. The number of nitrogens with zero attached hydrogens (tertiary/aromatic N) is 3. The molecule has 0 radical (unpaired) electrons. The molecule has 0 aliphatic rings. The van der Waals surface area contributed by atoms with Crippen LogP contribution in [0, 0.1) is 5.82 Å². The third-order valence-corrected chi connectivity index (χ3v) is 8.01. The Labute approximate surface area is 196 Å². The number of halogens is 1. The number of benzene rings is 3. The Hall–Kier alpha value is -3.78. The molecule has 6 nitrogen and oxygen atoms in total. The molecule has 0 amide bonds. The van der Waals surface area contributed by atoms with Crippen molar-refractivity contribution >= 4 is 37.9 Å². The largest absolute Gasteiger partial charge is 0.384 e. The molecule has 0 bridgehead atoms. The van der Waals surface area contributed by atoms with Crippen molar-refractivity contribution in [2.45, 2.75) is 36.0 Å². The highest BCUT2D eigenvalue weighted by atomic mass is 32.2. The Morgan fingerprint density at radius 2 is 1.56 bits per heavy atom. The molecule has 0 aliphatic carbocycles. The van der Waals surface area contributed by atoms with Crippen molar-refractivity contribution in [1.82, 2.24) is 14.5 Å². The first-order valence-corrected chi connectivity index (χ1v) is 12.5. The van der Waals surface area contributed by atoms with Gasteiger partial charge >= 0.3 is 0 Å². The summed E-state index contributed by atoms with van der Waals surface area (Å²) in [5, 5.41) is 0. The van der Waals surface area contributed by atoms with Gasteiger partial charge in [-0.25, -0.2) is 22.8 Å². The first-order chi connectivity index (χ1) is 16.3. The Morgan fingerprint density at radius 3 is 2.18 bits per heavy atom. The molecule has 0 unspecified atom stereocenters. The minimum Gasteiger partial charge on any atom is -0.384 e. The van der Waals surface area contributed by atoms with Gasteiger partial charge in [-0.3, -0.25) is 4.57 Å². The minimum absolute atomic E-state index is 0.00548. The molecular formula is C26H23FN4O2S. The molecule has 2 N–H and O–H groups in total. The Bertz CT molecular complexity index is 1630. The third-order valence-electron chi connectivity index (χ3n) is 6.18. The summed E-state index contributed by atoms with van der Waals surface area (Å²) >= 11 is 0. The molecule has 0 fully saturated rings. The minimum atomic E-state index is -4.11. The van der Waals surface area contributed by atoms with Gasteiger partial charge in [0.2, 0.25) is 9.84 Å². The van der Waals surface area contributed by atoms with Gasteiger partial charge in [-0.1, -0.05) is 38.1 Å². The third kappa shape index (κ3) is 3.51. The first kappa shape index (κ1) is 22.0. The zero-order valence-corrected chi connectivity index (χ0v) is 19.6. The number of aromatic nitrogens is 3. The Morgan fingerprint density at radius 1 is 0.941 bits per heavy atom. The average Bonchev–Trinajstić information content (AvgIpc) is 3.13. The summed E-state index contributed by atoms with van der Waals surface area (Å²) in [7, 11) is -4.11. The van der Waals surface area contributed by atoms with Crippen molar-refractivity contribution in [3.05, 3.63) is 84.2 Å². The van der Waals surface area contributed by atoms with E-state index in [0.717, 1.165) is 18.6 Å². The summed E-state index contributed by atoms with van der Waals surface area (Å²) in [6, 6.07) is 19.7. The smallest absolute Gasteiger partial charge is 0.212 e. The van der Waals surface area contributed by atoms with Crippen LogP contribution in [0.3, 0.4) is 0 Å². The molecule has 0 saturated carbocycles. The maximum atomic E-state index is 13.7. The lowest BCUT2D eigenvalue weighted by Crippen LogP contribution is -2.07. The fourth-order valence-corrected chi connectivity index (χ4v) is 5.57. The summed E-state index contributed by atoms with van der Waals surface area (Å²) in [6.07, 6.45) is 1.01. The van der Waals surface area contributed by atoms with Gasteiger partial charge in [0, 0.05) is 5.69 Å². The average molecular weight is 475 g/mol. The van der Waals surface area contributed by atoms with Gasteiger partial charge in [-0.15, -0.1) is 0 Å². The van der Waals surface area contributed by atoms with Crippen LogP contribution in [0.2, 0.25) is 0 Å². The van der Waals surface area contributed by atoms with E-state index in [-0.39, 0.29) is 21.1 Å². The van der Waals surface area contributed by atoms with Crippen LogP contribution in [-0.2, 0) is 9.84 Å². The molecule has 172 valence electrons. The molecule has 2 heterocycles. The number of nitrogen functional groups attached to an aromatic ring is 1. The summed E-state index contributed by atoms with van der Waals surface area (Å²) in [6.45, 7) is 4.28. The summed E-state index contributed by atoms with van der Waals surface area (Å²) in [5.41, 5.74) is 10.1. The van der Waals surface area contributed by atoms with Crippen LogP contribution >= 0.6 is 0 Å². The predicted octanol–water partition coefficient (Wildman–Crippen LogP) is 5.64. The second-order valence-electron chi connectivity index (χ2n) is 8.29. The zero-order valence-electron chi connectivity index (χ0n) is 18.7. The lowest BCUT2D eigenvalue weighted by molar-refractivity contribution is 0.595. The number of hydrogen-bond donors (Lipinski definition) is 1. The molecule has 5 aromatic rings. The van der Waals surface area contributed by atoms with E-state index >= 15 is 0 Å². The van der Waals surface area contributed by atoms with Gasteiger partial charge in [0.25, 0.3) is 0 Å². The quantitative estimate of drug-likeness (QED) is 0.333. The normalized spacial score (nSPS) is 12.9. The summed E-state index contributed by atoms with van der Waals surface area (Å²) < 4.78 is 42.4. The summed E-state index contributed by atoms with van der Waals surface area (Å²) in [4.78, 5) is 9.15. The van der Waals surface area contributed by atoms with Crippen molar-refractivity contribution in [2.24, 2.45) is 0 Å². The van der Waals surface area contributed by atoms with Crippen LogP contribution in [0.4, 0.5) is 10.2 Å². The SMILES string of the molecule is CC[C@H](C)c1ccc(-n2c(N)c(S(=O)(=O)c3ccc(F)cc3)c3nc4ccccc4nc32)cc1. The van der Waals surface area contributed by atoms with Crippen molar-refractivity contribution in [1.29, 1.82) is 0 Å². The van der Waals surface area contributed by atoms with Crippen molar-refractivity contribution in [2.75, 3.05) is 5.73 Å². The highest BCUT2D eigenvalue weighted by molar-refractivity contribution is 7.92. The van der Waals surface area contributed by atoms with E-state index in [1.54, 1.807) is 10.6 Å². The number of nitrogens with two attached hydrogens (primary N) is 1. The standard InChI is InChI=1S/C26H23FN4O2S/c1-3-16(2)17-8-12-19(13-9-17)31-25(28)24(34(32,33)20-14-10-18(27)11-15-20)23-26(31)30-22-7-5-4-6-21(22)29-23/h4-16H,3,28H2,1-2H3/t16-/m0/s1. The zero-order chi connectivity index (χ0) is 24.0. The maximum absolute atomic E-state index is 13.7. The molecule has 34 heavy (non-hydrogen) atoms. The lowest BCUT2D eigenvalue weighted by atomic mass is 9.99. The highest BCUT2D eigenvalue weighted by Crippen LogP contribution is 2.37. The van der Waals surface area contributed by atoms with Crippen LogP contribution in [-0.4, -0.2) is 23.0 Å². The molecule has 0 saturated heterocycles. The van der Waals surface area contributed by atoms with Gasteiger partial charge < -0.3 is 5.73 Å². The predicted molar refractivity (Wildman–Crippen MR) is 131 cm³/mol. The number of rotatable bonds is 5. The second kappa shape index (κ2) is 8.22. The van der Waals surface area contributed by atoms with E-state index in [0.29, 0.717) is 28.3 Å². The van der Waals surface area contributed by atoms with E-state index in [1.165, 1.54) is 17.7 Å². The molecule has 1 atom stereocenters. The Kier molecular flexibility index (Phi) is 5.32. The van der Waals surface area contributed by atoms with E-state index in [1.807, 2.05) is 42.5 Å². The topological polar surface area (TPSA) is 90.9 Å². The fraction of sp³-hybridized carbons (Fsp3) is 0.154. The number of fused-ring (bicyclic) bond motifs is 2. The molecule has 2 aromatic heterocycles. The van der Waals surface area contributed by atoms with Crippen LogP contribution in [0.5, 0.6) is 0 Å². The number of para-hydroxylation sites is 2. The van der Waals surface area contributed by atoms with Crippen LogP contribution < -0.4 is 5.73 Å². The summed E-state index contributed by atoms with van der Waals surface area (Å²) in [5.74, 6) is -0.126. The number of hydrogen-bond acceptors (Lipinski definition) is 5. The van der Waals surface area contributed by atoms with Crippen LogP contribution in [0.15, 0.2) is 82.6 Å². The van der Waals surface area contributed by atoms with Crippen LogP contribution in [0.25, 0.3) is 27.9 Å². The molecule has 5 rings (SSSR count). The molecule has 8 heteroatoms. The van der Waals surface area contributed by atoms with Gasteiger partial charge in [-0.05, 0) is 66.4 Å². The van der Waals surface area contributed by atoms with E-state index < -0.39 is 15.7 Å². The van der Waals surface area contributed by atoms with E-state index in [9.17, 15) is 12.8 Å².